The lowest BCUT2D eigenvalue weighted by atomic mass is 9.97. The van der Waals surface area contributed by atoms with Crippen LogP contribution in [0, 0.1) is 5.41 Å². The summed E-state index contributed by atoms with van der Waals surface area (Å²) in [6.45, 7) is 5.35. The van der Waals surface area contributed by atoms with Crippen LogP contribution in [-0.4, -0.2) is 58.0 Å². The Balaban J connectivity index is 3.89. The Morgan fingerprint density at radius 2 is 1.60 bits per heavy atom. The topological polar surface area (TPSA) is 84.9 Å². The van der Waals surface area contributed by atoms with Crippen LogP contribution in [0.15, 0.2) is 0 Å². The molecule has 1 unspecified atom stereocenters. The first-order valence-electron chi connectivity index (χ1n) is 6.41. The van der Waals surface area contributed by atoms with Crippen molar-refractivity contribution < 1.29 is 32.5 Å². The van der Waals surface area contributed by atoms with Crippen LogP contribution < -0.4 is 4.89 Å². The predicted molar refractivity (Wildman–Crippen MR) is 72.8 cm³/mol. The summed E-state index contributed by atoms with van der Waals surface area (Å²) < 4.78 is 26.2. The van der Waals surface area contributed by atoms with Crippen molar-refractivity contribution in [2.75, 3.05) is 47.5 Å². The smallest absolute Gasteiger partial charge is 0.311 e. The van der Waals surface area contributed by atoms with Crippen LogP contribution in [0.3, 0.4) is 0 Å². The highest BCUT2D eigenvalue weighted by Crippen LogP contribution is 2.37. The van der Waals surface area contributed by atoms with Gasteiger partial charge in [0.25, 0.3) is 7.82 Å². The summed E-state index contributed by atoms with van der Waals surface area (Å²) in [5.74, 6) is -0.409. The first-order valence-corrected chi connectivity index (χ1v) is 7.87. The molecule has 0 fully saturated rings. The third-order valence-corrected chi connectivity index (χ3v) is 3.19. The SMILES string of the molecule is CC(C)(C)C(=O)OCCOP(=O)([O-])OCC[N+](C)(C)C. The molecule has 0 heterocycles. The highest BCUT2D eigenvalue weighted by atomic mass is 31.2. The number of likely N-dealkylation sites (N-methyl/N-ethyl adjacent to an activating group) is 1. The van der Waals surface area contributed by atoms with Crippen molar-refractivity contribution in [3.8, 4) is 0 Å². The number of esters is 1. The molecule has 120 valence electrons. The number of hydrogen-bond donors (Lipinski definition) is 0. The molecule has 0 rings (SSSR count). The fourth-order valence-corrected chi connectivity index (χ4v) is 1.64. The maximum atomic E-state index is 11.4. The first-order chi connectivity index (χ1) is 8.83. The minimum Gasteiger partial charge on any atom is -0.756 e. The first kappa shape index (κ1) is 19.5. The maximum Gasteiger partial charge on any atom is 0.311 e. The van der Waals surface area contributed by atoms with E-state index in [4.69, 9.17) is 9.26 Å². The molecule has 0 aliphatic carbocycles. The third-order valence-electron chi connectivity index (χ3n) is 2.19. The summed E-state index contributed by atoms with van der Waals surface area (Å²) in [5.41, 5.74) is -0.623. The van der Waals surface area contributed by atoms with Gasteiger partial charge in [0, 0.05) is 0 Å². The number of rotatable bonds is 8. The minimum atomic E-state index is -4.33. The summed E-state index contributed by atoms with van der Waals surface area (Å²) in [4.78, 5) is 22.8. The van der Waals surface area contributed by atoms with Crippen LogP contribution >= 0.6 is 7.82 Å². The molecule has 0 spiro atoms. The van der Waals surface area contributed by atoms with Crippen LogP contribution in [0.4, 0.5) is 0 Å². The Kier molecular flexibility index (Phi) is 7.35. The van der Waals surface area contributed by atoms with E-state index in [1.807, 2.05) is 21.1 Å². The van der Waals surface area contributed by atoms with Crippen molar-refractivity contribution in [3.05, 3.63) is 0 Å². The molecule has 0 saturated carbocycles. The third kappa shape index (κ3) is 10.3. The van der Waals surface area contributed by atoms with Crippen LogP contribution in [0.5, 0.6) is 0 Å². The second-order valence-corrected chi connectivity index (χ2v) is 7.92. The van der Waals surface area contributed by atoms with Gasteiger partial charge in [0.2, 0.25) is 0 Å². The van der Waals surface area contributed by atoms with Gasteiger partial charge in [-0.15, -0.1) is 0 Å². The molecule has 0 N–H and O–H groups in total. The lowest BCUT2D eigenvalue weighted by molar-refractivity contribution is -0.870. The molecule has 20 heavy (non-hydrogen) atoms. The number of nitrogens with zero attached hydrogens (tertiary/aromatic N) is 1. The quantitative estimate of drug-likeness (QED) is 0.285. The van der Waals surface area contributed by atoms with Gasteiger partial charge in [0.05, 0.1) is 33.2 Å². The highest BCUT2D eigenvalue weighted by Gasteiger charge is 2.23. The second-order valence-electron chi connectivity index (χ2n) is 6.51. The Labute approximate surface area is 121 Å². The van der Waals surface area contributed by atoms with Crippen molar-refractivity contribution >= 4 is 13.8 Å². The monoisotopic (exact) mass is 311 g/mol. The normalized spacial score (nSPS) is 15.8. The van der Waals surface area contributed by atoms with Crippen molar-refractivity contribution in [1.29, 1.82) is 0 Å². The second kappa shape index (κ2) is 7.52. The average molecular weight is 311 g/mol. The fourth-order valence-electron chi connectivity index (χ4n) is 0.964. The molecular weight excluding hydrogens is 285 g/mol. The standard InChI is InChI=1S/C12H26NO6P/c1-12(2,3)11(14)17-9-10-19-20(15,16)18-8-7-13(4,5)6/h7-10H2,1-6H3. The molecule has 0 aromatic rings. The molecule has 0 aliphatic heterocycles. The van der Waals surface area contributed by atoms with Crippen LogP contribution in [0.1, 0.15) is 20.8 Å². The molecule has 0 bridgehead atoms. The zero-order chi connectivity index (χ0) is 16.0. The van der Waals surface area contributed by atoms with Gasteiger partial charge in [0.15, 0.2) is 0 Å². The summed E-state index contributed by atoms with van der Waals surface area (Å²) in [5, 5.41) is 0. The predicted octanol–water partition coefficient (Wildman–Crippen LogP) is 0.784. The highest BCUT2D eigenvalue weighted by molar-refractivity contribution is 7.45. The van der Waals surface area contributed by atoms with Crippen molar-refractivity contribution in [2.45, 2.75) is 20.8 Å². The lowest BCUT2D eigenvalue weighted by Gasteiger charge is -2.27. The molecule has 0 aliphatic rings. The van der Waals surface area contributed by atoms with Gasteiger partial charge in [-0.3, -0.25) is 9.36 Å². The van der Waals surface area contributed by atoms with E-state index in [1.165, 1.54) is 0 Å². The lowest BCUT2D eigenvalue weighted by Crippen LogP contribution is -2.37. The maximum absolute atomic E-state index is 11.4. The molecule has 0 radical (unpaired) electrons. The zero-order valence-corrected chi connectivity index (χ0v) is 14.1. The van der Waals surface area contributed by atoms with Gasteiger partial charge in [-0.2, -0.15) is 0 Å². The molecule has 8 heteroatoms. The number of hydrogen-bond acceptors (Lipinski definition) is 6. The molecule has 0 amide bonds. The summed E-state index contributed by atoms with van der Waals surface area (Å²) in [6, 6.07) is 0. The summed E-state index contributed by atoms with van der Waals surface area (Å²) in [6.07, 6.45) is 0. The Morgan fingerprint density at radius 3 is 2.05 bits per heavy atom. The van der Waals surface area contributed by atoms with Gasteiger partial charge in [0.1, 0.15) is 19.8 Å². The van der Waals surface area contributed by atoms with E-state index in [-0.39, 0.29) is 19.8 Å². The molecule has 0 aromatic carbocycles. The van der Waals surface area contributed by atoms with Gasteiger partial charge < -0.3 is 23.2 Å². The van der Waals surface area contributed by atoms with Crippen molar-refractivity contribution in [2.24, 2.45) is 5.41 Å². The van der Waals surface area contributed by atoms with E-state index in [0.717, 1.165) is 0 Å². The molecule has 1 atom stereocenters. The van der Waals surface area contributed by atoms with E-state index < -0.39 is 19.2 Å². The van der Waals surface area contributed by atoms with Crippen molar-refractivity contribution in [3.63, 3.8) is 0 Å². The Morgan fingerprint density at radius 1 is 1.10 bits per heavy atom. The molecule has 0 aromatic heterocycles. The number of phosphoric ester groups is 1. The van der Waals surface area contributed by atoms with Crippen LogP contribution in [0.25, 0.3) is 0 Å². The van der Waals surface area contributed by atoms with Crippen LogP contribution in [0.2, 0.25) is 0 Å². The summed E-state index contributed by atoms with van der Waals surface area (Å²) in [7, 11) is 1.44. The zero-order valence-electron chi connectivity index (χ0n) is 13.2. The molecule has 7 nitrogen and oxygen atoms in total. The van der Waals surface area contributed by atoms with Gasteiger partial charge in [-0.05, 0) is 20.8 Å². The summed E-state index contributed by atoms with van der Waals surface area (Å²) >= 11 is 0. The fraction of sp³-hybridized carbons (Fsp3) is 0.917. The van der Waals surface area contributed by atoms with E-state index in [2.05, 4.69) is 4.52 Å². The Hall–Kier alpha value is -0.460. The number of carbonyl (C=O) groups is 1. The van der Waals surface area contributed by atoms with Gasteiger partial charge in [-0.25, -0.2) is 0 Å². The number of ether oxygens (including phenoxy) is 1. The number of phosphoric acid groups is 1. The van der Waals surface area contributed by atoms with E-state index in [1.54, 1.807) is 20.8 Å². The van der Waals surface area contributed by atoms with Gasteiger partial charge in [-0.1, -0.05) is 0 Å². The largest absolute Gasteiger partial charge is 0.756 e. The van der Waals surface area contributed by atoms with E-state index >= 15 is 0 Å². The number of quaternary nitrogens is 1. The molecule has 0 saturated heterocycles. The van der Waals surface area contributed by atoms with Crippen LogP contribution in [-0.2, 0) is 23.1 Å². The van der Waals surface area contributed by atoms with E-state index in [9.17, 15) is 14.3 Å². The van der Waals surface area contributed by atoms with Crippen molar-refractivity contribution in [1.82, 2.24) is 0 Å². The van der Waals surface area contributed by atoms with E-state index in [0.29, 0.717) is 11.0 Å². The average Bonchev–Trinajstić information content (AvgIpc) is 2.20. The Bertz CT molecular complexity index is 358. The minimum absolute atomic E-state index is 0.0477. The number of carbonyl (C=O) groups excluding carboxylic acids is 1. The molecular formula is C12H26NO6P. The van der Waals surface area contributed by atoms with Gasteiger partial charge >= 0.3 is 5.97 Å².